The molecule has 2 heterocycles. The lowest BCUT2D eigenvalue weighted by molar-refractivity contribution is -0.136. The number of benzene rings is 1. The van der Waals surface area contributed by atoms with Gasteiger partial charge in [-0.3, -0.25) is 19.7 Å². The summed E-state index contributed by atoms with van der Waals surface area (Å²) in [5.74, 6) is -0.802. The molecule has 4 N–H and O–H groups in total. The molecule has 140 valence electrons. The molecule has 0 aliphatic carbocycles. The molecule has 1 saturated heterocycles. The number of fused-ring (bicyclic) bond motifs is 1. The smallest absolute Gasteiger partial charge is 0.255 e. The average Bonchev–Trinajstić information content (AvgIpc) is 2.91. The predicted molar refractivity (Wildman–Crippen MR) is 97.1 cm³/mol. The van der Waals surface area contributed by atoms with Gasteiger partial charge in [-0.1, -0.05) is 19.1 Å². The quantitative estimate of drug-likeness (QED) is 0.648. The first-order valence-electron chi connectivity index (χ1n) is 9.07. The summed E-state index contributed by atoms with van der Waals surface area (Å²) in [7, 11) is 0. The molecule has 2 unspecified atom stereocenters. The SMILES string of the molecule is CCC(C)(N)CNCc1ccc2c(c1)CN(C1CCC(=O)NC1=O)C2=O. The van der Waals surface area contributed by atoms with E-state index in [0.717, 1.165) is 17.5 Å². The zero-order chi connectivity index (χ0) is 18.9. The molecule has 0 bridgehead atoms. The van der Waals surface area contributed by atoms with Crippen LogP contribution in [0.2, 0.25) is 0 Å². The third-order valence-electron chi connectivity index (χ3n) is 5.25. The molecule has 1 fully saturated rings. The van der Waals surface area contributed by atoms with Gasteiger partial charge in [0.15, 0.2) is 0 Å². The van der Waals surface area contributed by atoms with Crippen LogP contribution in [0.1, 0.15) is 54.6 Å². The minimum Gasteiger partial charge on any atom is -0.324 e. The molecule has 1 aromatic rings. The topological polar surface area (TPSA) is 105 Å². The Morgan fingerprint density at radius 1 is 1.35 bits per heavy atom. The van der Waals surface area contributed by atoms with Crippen LogP contribution in [0.15, 0.2) is 18.2 Å². The van der Waals surface area contributed by atoms with Crippen molar-refractivity contribution >= 4 is 17.7 Å². The normalized spacial score (nSPS) is 22.2. The maximum Gasteiger partial charge on any atom is 0.255 e. The number of nitrogens with zero attached hydrogens (tertiary/aromatic N) is 1. The number of hydrogen-bond donors (Lipinski definition) is 3. The van der Waals surface area contributed by atoms with E-state index in [4.69, 9.17) is 5.73 Å². The number of piperidine rings is 1. The van der Waals surface area contributed by atoms with Gasteiger partial charge in [-0.15, -0.1) is 0 Å². The third kappa shape index (κ3) is 3.78. The average molecular weight is 358 g/mol. The van der Waals surface area contributed by atoms with E-state index in [0.29, 0.717) is 31.6 Å². The Balaban J connectivity index is 1.66. The van der Waals surface area contributed by atoms with Crippen LogP contribution in [0.25, 0.3) is 0 Å². The second-order valence-corrected chi connectivity index (χ2v) is 7.50. The Kier molecular flexibility index (Phi) is 5.11. The van der Waals surface area contributed by atoms with Gasteiger partial charge in [0.2, 0.25) is 11.8 Å². The second kappa shape index (κ2) is 7.17. The van der Waals surface area contributed by atoms with E-state index in [9.17, 15) is 14.4 Å². The van der Waals surface area contributed by atoms with Crippen molar-refractivity contribution in [1.82, 2.24) is 15.5 Å². The van der Waals surface area contributed by atoms with Gasteiger partial charge in [-0.2, -0.15) is 0 Å². The highest BCUT2D eigenvalue weighted by molar-refractivity contribution is 6.05. The van der Waals surface area contributed by atoms with Crippen molar-refractivity contribution < 1.29 is 14.4 Å². The first-order valence-corrected chi connectivity index (χ1v) is 9.07. The maximum absolute atomic E-state index is 12.6. The number of nitrogens with one attached hydrogen (secondary N) is 2. The Labute approximate surface area is 153 Å². The summed E-state index contributed by atoms with van der Waals surface area (Å²) >= 11 is 0. The molecule has 3 amide bonds. The van der Waals surface area contributed by atoms with Crippen LogP contribution in [-0.2, 0) is 22.7 Å². The predicted octanol–water partition coefficient (Wildman–Crippen LogP) is 0.665. The standard InChI is InChI=1S/C19H26N4O3/c1-3-19(2,20)11-21-9-12-4-5-14-13(8-12)10-23(18(14)26)15-6-7-16(24)22-17(15)25/h4-5,8,15,21H,3,6-7,9-11,20H2,1-2H3,(H,22,24,25). The van der Waals surface area contributed by atoms with Crippen molar-refractivity contribution in [3.63, 3.8) is 0 Å². The lowest BCUT2D eigenvalue weighted by Gasteiger charge is -2.29. The summed E-state index contributed by atoms with van der Waals surface area (Å²) in [5.41, 5.74) is 8.53. The Morgan fingerprint density at radius 2 is 2.12 bits per heavy atom. The molecule has 2 aliphatic rings. The molecule has 3 rings (SSSR count). The van der Waals surface area contributed by atoms with E-state index in [1.165, 1.54) is 0 Å². The van der Waals surface area contributed by atoms with Crippen molar-refractivity contribution in [2.24, 2.45) is 5.73 Å². The molecular formula is C19H26N4O3. The van der Waals surface area contributed by atoms with Gasteiger partial charge in [0.05, 0.1) is 0 Å². The highest BCUT2D eigenvalue weighted by Crippen LogP contribution is 2.28. The van der Waals surface area contributed by atoms with Gasteiger partial charge < -0.3 is 16.0 Å². The Morgan fingerprint density at radius 3 is 2.81 bits per heavy atom. The van der Waals surface area contributed by atoms with E-state index in [1.54, 1.807) is 4.90 Å². The zero-order valence-corrected chi connectivity index (χ0v) is 15.3. The molecule has 1 aromatic carbocycles. The summed E-state index contributed by atoms with van der Waals surface area (Å²) in [5, 5.41) is 5.68. The molecule has 7 heteroatoms. The third-order valence-corrected chi connectivity index (χ3v) is 5.25. The van der Waals surface area contributed by atoms with Crippen molar-refractivity contribution in [3.05, 3.63) is 34.9 Å². The van der Waals surface area contributed by atoms with Crippen LogP contribution in [0.3, 0.4) is 0 Å². The summed E-state index contributed by atoms with van der Waals surface area (Å²) in [6.45, 7) is 5.86. The van der Waals surface area contributed by atoms with Gasteiger partial charge in [0.25, 0.3) is 5.91 Å². The number of carbonyl (C=O) groups excluding carboxylic acids is 3. The van der Waals surface area contributed by atoms with Crippen LogP contribution < -0.4 is 16.4 Å². The molecule has 0 spiro atoms. The lowest BCUT2D eigenvalue weighted by atomic mass is 10.0. The molecule has 2 aliphatic heterocycles. The minimum absolute atomic E-state index is 0.144. The van der Waals surface area contributed by atoms with Crippen molar-refractivity contribution in [2.75, 3.05) is 6.54 Å². The summed E-state index contributed by atoms with van der Waals surface area (Å²) in [4.78, 5) is 37.6. The molecular weight excluding hydrogens is 332 g/mol. The van der Waals surface area contributed by atoms with Crippen molar-refractivity contribution in [1.29, 1.82) is 0 Å². The van der Waals surface area contributed by atoms with Crippen molar-refractivity contribution in [3.8, 4) is 0 Å². The summed E-state index contributed by atoms with van der Waals surface area (Å²) in [6.07, 6.45) is 1.53. The molecule has 0 radical (unpaired) electrons. The zero-order valence-electron chi connectivity index (χ0n) is 15.3. The molecule has 7 nitrogen and oxygen atoms in total. The number of nitrogens with two attached hydrogens (primary N) is 1. The summed E-state index contributed by atoms with van der Waals surface area (Å²) < 4.78 is 0. The van der Waals surface area contributed by atoms with Crippen LogP contribution in [-0.4, -0.2) is 40.7 Å². The fourth-order valence-electron chi connectivity index (χ4n) is 3.36. The van der Waals surface area contributed by atoms with Crippen LogP contribution >= 0.6 is 0 Å². The Hall–Kier alpha value is -2.25. The molecule has 2 atom stereocenters. The highest BCUT2D eigenvalue weighted by atomic mass is 16.2. The van der Waals surface area contributed by atoms with E-state index in [2.05, 4.69) is 17.6 Å². The van der Waals surface area contributed by atoms with E-state index in [-0.39, 0.29) is 29.7 Å². The number of rotatable bonds is 6. The first-order chi connectivity index (χ1) is 12.3. The number of carbonyl (C=O) groups is 3. The fraction of sp³-hybridized carbons (Fsp3) is 0.526. The number of imide groups is 1. The van der Waals surface area contributed by atoms with Gasteiger partial charge >= 0.3 is 0 Å². The minimum atomic E-state index is -0.573. The molecule has 0 aromatic heterocycles. The maximum atomic E-state index is 12.6. The van der Waals surface area contributed by atoms with Gasteiger partial charge in [-0.05, 0) is 37.0 Å². The van der Waals surface area contributed by atoms with E-state index in [1.807, 2.05) is 25.1 Å². The number of amides is 3. The van der Waals surface area contributed by atoms with Crippen LogP contribution in [0.5, 0.6) is 0 Å². The highest BCUT2D eigenvalue weighted by Gasteiger charge is 2.38. The van der Waals surface area contributed by atoms with Gasteiger partial charge in [0.1, 0.15) is 6.04 Å². The lowest BCUT2D eigenvalue weighted by Crippen LogP contribution is -2.52. The van der Waals surface area contributed by atoms with Crippen LogP contribution in [0, 0.1) is 0 Å². The van der Waals surface area contributed by atoms with Gasteiger partial charge in [-0.25, -0.2) is 0 Å². The van der Waals surface area contributed by atoms with E-state index >= 15 is 0 Å². The molecule has 0 saturated carbocycles. The van der Waals surface area contributed by atoms with Crippen molar-refractivity contribution in [2.45, 2.75) is 57.8 Å². The Bertz CT molecular complexity index is 744. The summed E-state index contributed by atoms with van der Waals surface area (Å²) in [6, 6.07) is 5.18. The second-order valence-electron chi connectivity index (χ2n) is 7.50. The first kappa shape index (κ1) is 18.5. The van der Waals surface area contributed by atoms with Crippen LogP contribution in [0.4, 0.5) is 0 Å². The molecule has 26 heavy (non-hydrogen) atoms. The van der Waals surface area contributed by atoms with Gasteiger partial charge in [0, 0.05) is 37.2 Å². The number of hydrogen-bond acceptors (Lipinski definition) is 5. The fourth-order valence-corrected chi connectivity index (χ4v) is 3.36. The monoisotopic (exact) mass is 358 g/mol. The largest absolute Gasteiger partial charge is 0.324 e. The van der Waals surface area contributed by atoms with E-state index < -0.39 is 6.04 Å².